The van der Waals surface area contributed by atoms with Crippen molar-refractivity contribution < 1.29 is 19.2 Å². The van der Waals surface area contributed by atoms with E-state index >= 15 is 0 Å². The van der Waals surface area contributed by atoms with E-state index in [2.05, 4.69) is 20.4 Å². The average molecular weight is 479 g/mol. The highest BCUT2D eigenvalue weighted by Crippen LogP contribution is 2.16. The number of nitrogens with zero attached hydrogens (tertiary/aromatic N) is 2. The third kappa shape index (κ3) is 7.07. The van der Waals surface area contributed by atoms with Crippen molar-refractivity contribution in [1.82, 2.24) is 9.80 Å². The Labute approximate surface area is 206 Å². The summed E-state index contributed by atoms with van der Waals surface area (Å²) in [5, 5.41) is 5.85. The molecule has 0 radical (unpaired) electrons. The van der Waals surface area contributed by atoms with Gasteiger partial charge in [0.15, 0.2) is 11.6 Å². The first-order valence-electron chi connectivity index (χ1n) is 12.0. The first kappa shape index (κ1) is 26.2. The minimum Gasteiger partial charge on any atom is -0.325 e. The SMILES string of the molecule is CC(=O)c1ccc(NC(=O)C(C)N2CCCN(C(C)C(=O)Nc3ccc(C(C)=O)cc3)CC2)cc1. The van der Waals surface area contributed by atoms with Crippen LogP contribution < -0.4 is 10.6 Å². The zero-order valence-corrected chi connectivity index (χ0v) is 20.8. The van der Waals surface area contributed by atoms with E-state index in [4.69, 9.17) is 0 Å². The number of amides is 2. The standard InChI is InChI=1S/C27H34N4O4/c1-18(26(34)28-24-10-6-22(7-11-24)20(3)32)30-14-5-15-31(17-16-30)19(2)27(35)29-25-12-8-23(9-13-25)21(4)33/h6-13,18-19H,5,14-17H2,1-4H3,(H,28,34)(H,29,35). The average Bonchev–Trinajstić information content (AvgIpc) is 3.10. The molecule has 0 aromatic heterocycles. The fourth-order valence-corrected chi connectivity index (χ4v) is 4.13. The van der Waals surface area contributed by atoms with Crippen molar-refractivity contribution in [2.24, 2.45) is 0 Å². The number of hydrogen-bond donors (Lipinski definition) is 2. The number of rotatable bonds is 8. The highest BCUT2D eigenvalue weighted by atomic mass is 16.2. The Kier molecular flexibility index (Phi) is 8.89. The van der Waals surface area contributed by atoms with Crippen LogP contribution in [0.25, 0.3) is 0 Å². The highest BCUT2D eigenvalue weighted by Gasteiger charge is 2.28. The van der Waals surface area contributed by atoms with Crippen LogP contribution in [0.3, 0.4) is 0 Å². The number of anilines is 2. The van der Waals surface area contributed by atoms with Gasteiger partial charge < -0.3 is 10.6 Å². The Hall–Kier alpha value is -3.36. The van der Waals surface area contributed by atoms with Crippen molar-refractivity contribution in [1.29, 1.82) is 0 Å². The van der Waals surface area contributed by atoms with Gasteiger partial charge in [-0.05, 0) is 82.6 Å². The third-order valence-electron chi connectivity index (χ3n) is 6.54. The summed E-state index contributed by atoms with van der Waals surface area (Å²) in [4.78, 5) is 52.8. The van der Waals surface area contributed by atoms with Gasteiger partial charge in [-0.1, -0.05) is 0 Å². The van der Waals surface area contributed by atoms with Crippen molar-refractivity contribution in [3.63, 3.8) is 0 Å². The maximum absolute atomic E-state index is 12.8. The smallest absolute Gasteiger partial charge is 0.241 e. The van der Waals surface area contributed by atoms with Gasteiger partial charge in [-0.25, -0.2) is 0 Å². The van der Waals surface area contributed by atoms with Gasteiger partial charge in [0.2, 0.25) is 11.8 Å². The summed E-state index contributed by atoms with van der Waals surface area (Å²) in [5.41, 5.74) is 2.53. The number of ketones is 2. The number of nitrogens with one attached hydrogen (secondary N) is 2. The van der Waals surface area contributed by atoms with Gasteiger partial charge in [0.25, 0.3) is 0 Å². The lowest BCUT2D eigenvalue weighted by Gasteiger charge is -2.28. The van der Waals surface area contributed by atoms with E-state index in [-0.39, 0.29) is 35.5 Å². The molecule has 2 unspecified atom stereocenters. The van der Waals surface area contributed by atoms with E-state index in [0.717, 1.165) is 19.5 Å². The first-order valence-corrected chi connectivity index (χ1v) is 12.0. The maximum atomic E-state index is 12.8. The lowest BCUT2D eigenvalue weighted by molar-refractivity contribution is -0.122. The molecule has 0 saturated carbocycles. The molecule has 2 aromatic carbocycles. The molecule has 1 aliphatic heterocycles. The molecule has 0 bridgehead atoms. The molecule has 1 aliphatic rings. The fourth-order valence-electron chi connectivity index (χ4n) is 4.13. The third-order valence-corrected chi connectivity index (χ3v) is 6.54. The van der Waals surface area contributed by atoms with Crippen LogP contribution in [0.4, 0.5) is 11.4 Å². The van der Waals surface area contributed by atoms with E-state index in [0.29, 0.717) is 35.6 Å². The van der Waals surface area contributed by atoms with Gasteiger partial charge in [0.05, 0.1) is 12.1 Å². The molecule has 8 heteroatoms. The van der Waals surface area contributed by atoms with Crippen LogP contribution in [-0.2, 0) is 9.59 Å². The molecule has 0 aliphatic carbocycles. The van der Waals surface area contributed by atoms with E-state index in [1.165, 1.54) is 13.8 Å². The second-order valence-electron chi connectivity index (χ2n) is 9.02. The minimum absolute atomic E-state index is 0.0147. The van der Waals surface area contributed by atoms with Crippen molar-refractivity contribution in [2.75, 3.05) is 36.8 Å². The topological polar surface area (TPSA) is 98.8 Å². The number of benzene rings is 2. The molecule has 35 heavy (non-hydrogen) atoms. The van der Waals surface area contributed by atoms with Gasteiger partial charge >= 0.3 is 0 Å². The molecular weight excluding hydrogens is 444 g/mol. The Morgan fingerprint density at radius 2 is 0.971 bits per heavy atom. The second kappa shape index (κ2) is 11.9. The van der Waals surface area contributed by atoms with Gasteiger partial charge in [0.1, 0.15) is 0 Å². The maximum Gasteiger partial charge on any atom is 0.241 e. The van der Waals surface area contributed by atoms with E-state index in [1.807, 2.05) is 13.8 Å². The van der Waals surface area contributed by atoms with Crippen LogP contribution in [0.5, 0.6) is 0 Å². The van der Waals surface area contributed by atoms with E-state index in [9.17, 15) is 19.2 Å². The summed E-state index contributed by atoms with van der Waals surface area (Å²) >= 11 is 0. The summed E-state index contributed by atoms with van der Waals surface area (Å²) in [6, 6.07) is 13.1. The second-order valence-corrected chi connectivity index (χ2v) is 9.02. The van der Waals surface area contributed by atoms with Crippen LogP contribution in [-0.4, -0.2) is 71.4 Å². The van der Waals surface area contributed by atoms with Gasteiger partial charge in [-0.15, -0.1) is 0 Å². The molecule has 2 amide bonds. The summed E-state index contributed by atoms with van der Waals surface area (Å²) < 4.78 is 0. The number of Topliss-reactive ketones (excluding diaryl/α,β-unsaturated/α-hetero) is 2. The Morgan fingerprint density at radius 3 is 1.29 bits per heavy atom. The number of carbonyl (C=O) groups excluding carboxylic acids is 4. The number of hydrogen-bond acceptors (Lipinski definition) is 6. The summed E-state index contributed by atoms with van der Waals surface area (Å²) in [6.45, 7) is 9.65. The van der Waals surface area contributed by atoms with Crippen molar-refractivity contribution in [3.05, 3.63) is 59.7 Å². The van der Waals surface area contributed by atoms with Crippen LogP contribution in [0.15, 0.2) is 48.5 Å². The summed E-state index contributed by atoms with van der Waals surface area (Å²) in [7, 11) is 0. The molecule has 2 atom stereocenters. The monoisotopic (exact) mass is 478 g/mol. The molecule has 186 valence electrons. The molecule has 1 fully saturated rings. The molecule has 1 saturated heterocycles. The zero-order chi connectivity index (χ0) is 25.5. The molecular formula is C27H34N4O4. The Morgan fingerprint density at radius 1 is 0.629 bits per heavy atom. The quantitative estimate of drug-likeness (QED) is 0.564. The van der Waals surface area contributed by atoms with Gasteiger partial charge in [-0.3, -0.25) is 29.0 Å². The van der Waals surface area contributed by atoms with E-state index < -0.39 is 0 Å². The zero-order valence-electron chi connectivity index (χ0n) is 20.8. The molecule has 8 nitrogen and oxygen atoms in total. The fraction of sp³-hybridized carbons (Fsp3) is 0.407. The van der Waals surface area contributed by atoms with Crippen LogP contribution in [0.1, 0.15) is 54.8 Å². The van der Waals surface area contributed by atoms with Crippen molar-refractivity contribution in [2.45, 2.75) is 46.2 Å². The van der Waals surface area contributed by atoms with Crippen molar-refractivity contribution in [3.8, 4) is 0 Å². The molecule has 1 heterocycles. The molecule has 2 aromatic rings. The lowest BCUT2D eigenvalue weighted by Crippen LogP contribution is -2.46. The Bertz CT molecular complexity index is 980. The van der Waals surface area contributed by atoms with E-state index in [1.54, 1.807) is 48.5 Å². The van der Waals surface area contributed by atoms with Crippen LogP contribution in [0.2, 0.25) is 0 Å². The summed E-state index contributed by atoms with van der Waals surface area (Å²) in [6.07, 6.45) is 0.843. The van der Waals surface area contributed by atoms with Gasteiger partial charge in [-0.2, -0.15) is 0 Å². The molecule has 0 spiro atoms. The molecule has 3 rings (SSSR count). The van der Waals surface area contributed by atoms with Crippen LogP contribution >= 0.6 is 0 Å². The van der Waals surface area contributed by atoms with Crippen molar-refractivity contribution >= 4 is 34.8 Å². The Balaban J connectivity index is 1.52. The molecule has 2 N–H and O–H groups in total. The minimum atomic E-state index is -0.327. The predicted octanol–water partition coefficient (Wildman–Crippen LogP) is 3.45. The van der Waals surface area contributed by atoms with Crippen LogP contribution in [0, 0.1) is 0 Å². The lowest BCUT2D eigenvalue weighted by atomic mass is 10.1. The number of carbonyl (C=O) groups is 4. The van der Waals surface area contributed by atoms with Gasteiger partial charge in [0, 0.05) is 48.7 Å². The first-order chi connectivity index (χ1) is 16.7. The largest absolute Gasteiger partial charge is 0.325 e. The summed E-state index contributed by atoms with van der Waals surface area (Å²) in [5.74, 6) is -0.235. The highest BCUT2D eigenvalue weighted by molar-refractivity contribution is 5.98. The predicted molar refractivity (Wildman–Crippen MR) is 137 cm³/mol. The normalized spacial score (nSPS) is 16.6.